The molecule has 0 saturated carbocycles. The van der Waals surface area contributed by atoms with Crippen LogP contribution in [0.2, 0.25) is 0 Å². The molecule has 5 heteroatoms. The average molecular weight is 241 g/mol. The quantitative estimate of drug-likeness (QED) is 0.733. The van der Waals surface area contributed by atoms with Crippen LogP contribution in [0.5, 0.6) is 5.75 Å². The van der Waals surface area contributed by atoms with E-state index in [0.717, 1.165) is 5.56 Å². The van der Waals surface area contributed by atoms with Gasteiger partial charge < -0.3 is 15.5 Å². The molecule has 0 fully saturated rings. The van der Waals surface area contributed by atoms with E-state index >= 15 is 0 Å². The monoisotopic (exact) mass is 241 g/mol. The summed E-state index contributed by atoms with van der Waals surface area (Å²) in [4.78, 5) is 10.9. The van der Waals surface area contributed by atoms with Gasteiger partial charge in [-0.05, 0) is 30.8 Å². The first-order valence-corrected chi connectivity index (χ1v) is 5.01. The molecule has 0 saturated heterocycles. The molecule has 0 aliphatic rings. The van der Waals surface area contributed by atoms with Crippen molar-refractivity contribution < 1.29 is 19.7 Å². The maximum atomic E-state index is 10.9. The summed E-state index contributed by atoms with van der Waals surface area (Å²) in [5.41, 5.74) is 0.863. The van der Waals surface area contributed by atoms with Crippen LogP contribution < -0.4 is 5.32 Å². The van der Waals surface area contributed by atoms with Gasteiger partial charge in [-0.25, -0.2) is 4.79 Å². The van der Waals surface area contributed by atoms with E-state index in [0.29, 0.717) is 6.42 Å². The van der Waals surface area contributed by atoms with Crippen LogP contribution >= 0.6 is 0 Å². The Labute approximate surface area is 99.0 Å². The first-order chi connectivity index (χ1) is 7.63. The number of carboxylic acid groups (broad SMARTS) is 1. The minimum absolute atomic E-state index is 0. The zero-order valence-electron chi connectivity index (χ0n) is 9.46. The highest BCUT2D eigenvalue weighted by Gasteiger charge is 2.15. The van der Waals surface area contributed by atoms with Gasteiger partial charge in [-0.3, -0.25) is 4.70 Å². The van der Waals surface area contributed by atoms with Gasteiger partial charge in [-0.2, -0.15) is 0 Å². The molecule has 4 nitrogen and oxygen atoms in total. The number of carboxylic acids is 1. The largest absolute Gasteiger partial charge is 0.508 e. The van der Waals surface area contributed by atoms with Gasteiger partial charge in [0.25, 0.3) is 0 Å². The molecule has 1 unspecified atom stereocenters. The Morgan fingerprint density at radius 2 is 2.00 bits per heavy atom. The van der Waals surface area contributed by atoms with Crippen LogP contribution in [0.1, 0.15) is 12.5 Å². The second kappa shape index (κ2) is 7.27. The van der Waals surface area contributed by atoms with Crippen LogP contribution in [-0.2, 0) is 11.2 Å². The average Bonchev–Trinajstić information content (AvgIpc) is 2.26. The Morgan fingerprint density at radius 3 is 2.47 bits per heavy atom. The van der Waals surface area contributed by atoms with Crippen molar-refractivity contribution in [3.63, 3.8) is 0 Å². The van der Waals surface area contributed by atoms with Gasteiger partial charge >= 0.3 is 5.97 Å². The van der Waals surface area contributed by atoms with Crippen molar-refractivity contribution in [3.05, 3.63) is 42.1 Å². The molecule has 3 N–H and O–H groups in total. The number of halogens is 1. The molecule has 0 aromatic heterocycles. The van der Waals surface area contributed by atoms with Gasteiger partial charge in [-0.15, -0.1) is 0 Å². The fourth-order valence-corrected chi connectivity index (χ4v) is 1.30. The fraction of sp³-hybridized carbons (Fsp3) is 0.250. The van der Waals surface area contributed by atoms with Gasteiger partial charge in [-0.1, -0.05) is 18.2 Å². The lowest BCUT2D eigenvalue weighted by atomic mass is 10.1. The number of allylic oxidation sites excluding steroid dienone is 1. The van der Waals surface area contributed by atoms with Crippen molar-refractivity contribution in [1.29, 1.82) is 0 Å². The Bertz CT molecular complexity index is 376. The molecule has 1 rings (SSSR count). The normalized spacial score (nSPS) is 11.8. The highest BCUT2D eigenvalue weighted by molar-refractivity contribution is 5.74. The molecule has 0 aliphatic heterocycles. The zero-order valence-corrected chi connectivity index (χ0v) is 9.46. The molecule has 17 heavy (non-hydrogen) atoms. The van der Waals surface area contributed by atoms with Crippen LogP contribution in [0.3, 0.4) is 0 Å². The van der Waals surface area contributed by atoms with Crippen LogP contribution in [0.25, 0.3) is 0 Å². The van der Waals surface area contributed by atoms with E-state index in [1.807, 2.05) is 6.92 Å². The van der Waals surface area contributed by atoms with Gasteiger partial charge in [0.1, 0.15) is 11.8 Å². The summed E-state index contributed by atoms with van der Waals surface area (Å²) in [5, 5.41) is 20.9. The summed E-state index contributed by atoms with van der Waals surface area (Å²) >= 11 is 0. The maximum absolute atomic E-state index is 10.9. The minimum Gasteiger partial charge on any atom is -0.508 e. The lowest BCUT2D eigenvalue weighted by Gasteiger charge is -2.12. The third kappa shape index (κ3) is 5.01. The van der Waals surface area contributed by atoms with E-state index in [1.165, 1.54) is 0 Å². The number of hydrogen-bond acceptors (Lipinski definition) is 3. The van der Waals surface area contributed by atoms with Gasteiger partial charge in [0, 0.05) is 6.42 Å². The van der Waals surface area contributed by atoms with Gasteiger partial charge in [0.15, 0.2) is 0 Å². The number of phenolic OH excluding ortho intramolecular Hbond substituents is 1. The summed E-state index contributed by atoms with van der Waals surface area (Å²) < 4.78 is 0. The third-order valence-corrected chi connectivity index (χ3v) is 2.14. The van der Waals surface area contributed by atoms with E-state index in [1.54, 1.807) is 36.5 Å². The summed E-state index contributed by atoms with van der Waals surface area (Å²) in [7, 11) is 0. The molecule has 0 radical (unpaired) electrons. The smallest absolute Gasteiger partial charge is 0.326 e. The Kier molecular flexibility index (Phi) is 6.40. The lowest BCUT2D eigenvalue weighted by molar-refractivity contribution is -0.139. The highest BCUT2D eigenvalue weighted by Crippen LogP contribution is 2.11. The molecule has 1 atom stereocenters. The molecule has 1 aromatic carbocycles. The van der Waals surface area contributed by atoms with Gasteiger partial charge in [0.05, 0.1) is 0 Å². The van der Waals surface area contributed by atoms with Crippen LogP contribution in [-0.4, -0.2) is 22.2 Å². The van der Waals surface area contributed by atoms with E-state index in [-0.39, 0.29) is 10.5 Å². The van der Waals surface area contributed by atoms with Crippen LogP contribution in [0.15, 0.2) is 36.5 Å². The van der Waals surface area contributed by atoms with Gasteiger partial charge in [0.2, 0.25) is 0 Å². The molecule has 0 heterocycles. The predicted molar refractivity (Wildman–Crippen MR) is 63.7 cm³/mol. The minimum atomic E-state index is -0.897. The Hall–Kier alpha value is -2.04. The summed E-state index contributed by atoms with van der Waals surface area (Å²) in [5.74, 6) is -0.719. The number of aromatic hydroxyl groups is 1. The molecule has 1 aromatic rings. The number of aliphatic carboxylic acids is 1. The van der Waals surface area contributed by atoms with Crippen molar-refractivity contribution >= 4 is 5.97 Å². The molecule has 0 spiro atoms. The summed E-state index contributed by atoms with van der Waals surface area (Å²) in [6, 6.07) is 5.86. The topological polar surface area (TPSA) is 69.6 Å². The summed E-state index contributed by atoms with van der Waals surface area (Å²) in [6.07, 6.45) is 3.73. The van der Waals surface area contributed by atoms with Crippen LogP contribution in [0.4, 0.5) is 4.70 Å². The lowest BCUT2D eigenvalue weighted by Crippen LogP contribution is -2.35. The van der Waals surface area contributed by atoms with Crippen molar-refractivity contribution in [1.82, 2.24) is 5.32 Å². The maximum Gasteiger partial charge on any atom is 0.326 e. The molecular formula is C12H16FNO3. The standard InChI is InChI=1S/C12H15NO3.FH/c1-2-7-13-11(12(15)16)8-9-3-5-10(14)6-4-9;/h2-7,11,13-14H,8H2,1H3,(H,15,16);1H. The number of carbonyl (C=O) groups is 1. The zero-order chi connectivity index (χ0) is 12.0. The first kappa shape index (κ1) is 15.0. The van der Waals surface area contributed by atoms with Crippen LogP contribution in [0, 0.1) is 0 Å². The molecule has 0 bridgehead atoms. The molecular weight excluding hydrogens is 225 g/mol. The number of phenols is 1. The second-order valence-electron chi connectivity index (χ2n) is 3.43. The Morgan fingerprint density at radius 1 is 1.41 bits per heavy atom. The van der Waals surface area contributed by atoms with E-state index in [4.69, 9.17) is 10.2 Å². The highest BCUT2D eigenvalue weighted by atomic mass is 19.0. The van der Waals surface area contributed by atoms with E-state index in [2.05, 4.69) is 5.32 Å². The van der Waals surface area contributed by atoms with E-state index in [9.17, 15) is 4.79 Å². The molecule has 0 aliphatic carbocycles. The van der Waals surface area contributed by atoms with Crippen molar-refractivity contribution in [2.24, 2.45) is 0 Å². The molecule has 94 valence electrons. The number of rotatable bonds is 5. The molecule has 0 amide bonds. The predicted octanol–water partition coefficient (Wildman–Crippen LogP) is 1.66. The van der Waals surface area contributed by atoms with E-state index < -0.39 is 12.0 Å². The van der Waals surface area contributed by atoms with Crippen molar-refractivity contribution in [2.75, 3.05) is 0 Å². The number of hydrogen-bond donors (Lipinski definition) is 3. The fourth-order valence-electron chi connectivity index (χ4n) is 1.30. The third-order valence-electron chi connectivity index (χ3n) is 2.14. The SMILES string of the molecule is CC=CNC(Cc1ccc(O)cc1)C(=O)O.F. The second-order valence-corrected chi connectivity index (χ2v) is 3.43. The summed E-state index contributed by atoms with van der Waals surface area (Å²) in [6.45, 7) is 1.81. The van der Waals surface area contributed by atoms with Crippen molar-refractivity contribution in [2.45, 2.75) is 19.4 Å². The van der Waals surface area contributed by atoms with Crippen molar-refractivity contribution in [3.8, 4) is 5.75 Å². The number of benzene rings is 1. The first-order valence-electron chi connectivity index (χ1n) is 5.01. The Balaban J connectivity index is 0.00000256. The number of nitrogens with one attached hydrogen (secondary N) is 1.